The number of terminal acetylenes is 1. The van der Waals surface area contributed by atoms with Gasteiger partial charge in [-0.1, -0.05) is 12.3 Å². The van der Waals surface area contributed by atoms with Crippen molar-refractivity contribution < 1.29 is 8.42 Å². The summed E-state index contributed by atoms with van der Waals surface area (Å²) in [7, 11) is -3.20. The highest BCUT2D eigenvalue weighted by Gasteiger charge is 2.19. The van der Waals surface area contributed by atoms with Crippen LogP contribution in [0.1, 0.15) is 19.3 Å². The van der Waals surface area contributed by atoms with Crippen LogP contribution in [0.15, 0.2) is 0 Å². The summed E-state index contributed by atoms with van der Waals surface area (Å²) in [6.07, 6.45) is 8.14. The fraction of sp³-hybridized carbons (Fsp3) is 0.778. The van der Waals surface area contributed by atoms with Crippen molar-refractivity contribution in [3.63, 3.8) is 0 Å². The molecule has 1 aliphatic rings. The summed E-state index contributed by atoms with van der Waals surface area (Å²) >= 11 is 0. The van der Waals surface area contributed by atoms with Crippen LogP contribution < -0.4 is 10.0 Å². The average molecular weight is 216 g/mol. The number of nitrogens with one attached hydrogen (secondary N) is 2. The van der Waals surface area contributed by atoms with Gasteiger partial charge >= 0.3 is 0 Å². The molecule has 1 aliphatic heterocycles. The summed E-state index contributed by atoms with van der Waals surface area (Å²) in [6, 6.07) is 0.0824. The molecule has 0 bridgehead atoms. The quantitative estimate of drug-likeness (QED) is 0.633. The molecule has 1 saturated heterocycles. The third-order valence-electron chi connectivity index (χ3n) is 2.23. The van der Waals surface area contributed by atoms with E-state index in [0.29, 0.717) is 0 Å². The van der Waals surface area contributed by atoms with E-state index in [1.54, 1.807) is 0 Å². The van der Waals surface area contributed by atoms with Crippen molar-refractivity contribution in [2.24, 2.45) is 0 Å². The smallest absolute Gasteiger partial charge is 0.214 e. The Morgan fingerprint density at radius 3 is 2.86 bits per heavy atom. The predicted molar refractivity (Wildman–Crippen MR) is 56.3 cm³/mol. The minimum absolute atomic E-state index is 0.0784. The van der Waals surface area contributed by atoms with Crippen molar-refractivity contribution in [2.75, 3.05) is 18.8 Å². The van der Waals surface area contributed by atoms with Crippen molar-refractivity contribution >= 4 is 10.0 Å². The van der Waals surface area contributed by atoms with Gasteiger partial charge in [-0.15, -0.1) is 6.42 Å². The Bertz CT molecular complexity index is 299. The lowest BCUT2D eigenvalue weighted by atomic mass is 10.1. The molecule has 0 aliphatic carbocycles. The molecule has 1 unspecified atom stereocenters. The van der Waals surface area contributed by atoms with Crippen LogP contribution in [0.25, 0.3) is 0 Å². The fourth-order valence-electron chi connectivity index (χ4n) is 1.54. The fourth-order valence-corrected chi connectivity index (χ4v) is 2.78. The van der Waals surface area contributed by atoms with Gasteiger partial charge in [0.15, 0.2) is 0 Å². The van der Waals surface area contributed by atoms with Gasteiger partial charge < -0.3 is 5.32 Å². The van der Waals surface area contributed by atoms with Gasteiger partial charge in [-0.3, -0.25) is 0 Å². The minimum atomic E-state index is -3.20. The van der Waals surface area contributed by atoms with Gasteiger partial charge in [0, 0.05) is 6.04 Å². The summed E-state index contributed by atoms with van der Waals surface area (Å²) < 4.78 is 25.2. The van der Waals surface area contributed by atoms with Crippen molar-refractivity contribution in [3.8, 4) is 12.3 Å². The van der Waals surface area contributed by atoms with Crippen LogP contribution in [0.4, 0.5) is 0 Å². The van der Waals surface area contributed by atoms with Gasteiger partial charge in [0.25, 0.3) is 0 Å². The maximum atomic E-state index is 11.4. The molecule has 0 saturated carbocycles. The Morgan fingerprint density at radius 1 is 1.50 bits per heavy atom. The van der Waals surface area contributed by atoms with Crippen LogP contribution in [0, 0.1) is 12.3 Å². The lowest BCUT2D eigenvalue weighted by Gasteiger charge is -2.22. The highest BCUT2D eigenvalue weighted by atomic mass is 32.2. The van der Waals surface area contributed by atoms with Gasteiger partial charge in [0.05, 0.1) is 12.3 Å². The predicted octanol–water partition coefficient (Wildman–Crippen LogP) is -0.319. The Morgan fingerprint density at radius 2 is 2.29 bits per heavy atom. The molecule has 1 rings (SSSR count). The summed E-state index contributed by atoms with van der Waals surface area (Å²) in [5, 5.41) is 3.18. The number of piperidine rings is 1. The van der Waals surface area contributed by atoms with Gasteiger partial charge in [0.1, 0.15) is 0 Å². The van der Waals surface area contributed by atoms with E-state index in [0.717, 1.165) is 25.8 Å². The topological polar surface area (TPSA) is 58.2 Å². The van der Waals surface area contributed by atoms with Crippen molar-refractivity contribution in [1.82, 2.24) is 10.0 Å². The first kappa shape index (κ1) is 11.5. The van der Waals surface area contributed by atoms with E-state index >= 15 is 0 Å². The maximum Gasteiger partial charge on any atom is 0.214 e. The molecule has 0 aromatic heterocycles. The monoisotopic (exact) mass is 216 g/mol. The Labute approximate surface area is 85.5 Å². The molecule has 1 atom stereocenters. The van der Waals surface area contributed by atoms with Crippen molar-refractivity contribution in [3.05, 3.63) is 0 Å². The molecule has 0 spiro atoms. The first-order chi connectivity index (χ1) is 6.64. The van der Waals surface area contributed by atoms with E-state index in [1.807, 2.05) is 0 Å². The van der Waals surface area contributed by atoms with Crippen molar-refractivity contribution in [2.45, 2.75) is 25.3 Å². The van der Waals surface area contributed by atoms with E-state index in [1.165, 1.54) is 0 Å². The second kappa shape index (κ2) is 5.35. The van der Waals surface area contributed by atoms with Crippen LogP contribution in [0.5, 0.6) is 0 Å². The molecule has 1 fully saturated rings. The third kappa shape index (κ3) is 4.09. The first-order valence-electron chi connectivity index (χ1n) is 4.78. The maximum absolute atomic E-state index is 11.4. The first-order valence-corrected chi connectivity index (χ1v) is 6.43. The third-order valence-corrected chi connectivity index (χ3v) is 3.65. The molecule has 0 amide bonds. The molecule has 2 N–H and O–H groups in total. The molecule has 0 aromatic rings. The Kier molecular flexibility index (Phi) is 4.39. The molecule has 80 valence electrons. The molecule has 5 heteroatoms. The van der Waals surface area contributed by atoms with E-state index in [4.69, 9.17) is 6.42 Å². The summed E-state index contributed by atoms with van der Waals surface area (Å²) in [5.41, 5.74) is 0. The standard InChI is InChI=1S/C9H16N2O2S/c1-2-6-11-14(12,13)8-9-5-3-4-7-10-9/h1,9-11H,3-8H2. The Hall–Kier alpha value is -0.570. The number of hydrogen-bond donors (Lipinski definition) is 2. The SMILES string of the molecule is C#CCNS(=O)(=O)CC1CCCCN1. The molecular weight excluding hydrogens is 200 g/mol. The van der Waals surface area contributed by atoms with Crippen LogP contribution in [-0.4, -0.2) is 33.3 Å². The zero-order valence-corrected chi connectivity index (χ0v) is 8.94. The number of hydrogen-bond acceptors (Lipinski definition) is 3. The van der Waals surface area contributed by atoms with Gasteiger partial charge in [-0.05, 0) is 19.4 Å². The van der Waals surface area contributed by atoms with Gasteiger partial charge in [-0.2, -0.15) is 0 Å². The zero-order chi connectivity index (χ0) is 10.4. The molecule has 14 heavy (non-hydrogen) atoms. The molecule has 4 nitrogen and oxygen atoms in total. The van der Waals surface area contributed by atoms with Crippen LogP contribution in [0.2, 0.25) is 0 Å². The highest BCUT2D eigenvalue weighted by molar-refractivity contribution is 7.89. The normalized spacial score (nSPS) is 22.9. The lowest BCUT2D eigenvalue weighted by molar-refractivity contribution is 0.422. The van der Waals surface area contributed by atoms with Crippen LogP contribution >= 0.6 is 0 Å². The Balaban J connectivity index is 2.38. The lowest BCUT2D eigenvalue weighted by Crippen LogP contribution is -2.42. The largest absolute Gasteiger partial charge is 0.313 e. The van der Waals surface area contributed by atoms with Gasteiger partial charge in [0.2, 0.25) is 10.0 Å². The van der Waals surface area contributed by atoms with E-state index in [-0.39, 0.29) is 18.3 Å². The van der Waals surface area contributed by atoms with Gasteiger partial charge in [-0.25, -0.2) is 13.1 Å². The highest BCUT2D eigenvalue weighted by Crippen LogP contribution is 2.08. The van der Waals surface area contributed by atoms with E-state index < -0.39 is 10.0 Å². The second-order valence-electron chi connectivity index (χ2n) is 3.45. The summed E-state index contributed by atoms with van der Waals surface area (Å²) in [5.74, 6) is 2.38. The number of sulfonamides is 1. The van der Waals surface area contributed by atoms with Crippen LogP contribution in [-0.2, 0) is 10.0 Å². The number of rotatable bonds is 4. The van der Waals surface area contributed by atoms with Crippen LogP contribution in [0.3, 0.4) is 0 Å². The van der Waals surface area contributed by atoms with Crippen molar-refractivity contribution in [1.29, 1.82) is 0 Å². The molecular formula is C9H16N2O2S. The van der Waals surface area contributed by atoms with E-state index in [9.17, 15) is 8.42 Å². The summed E-state index contributed by atoms with van der Waals surface area (Å²) in [6.45, 7) is 0.990. The molecule has 0 aromatic carbocycles. The molecule has 1 heterocycles. The molecule has 0 radical (unpaired) electrons. The zero-order valence-electron chi connectivity index (χ0n) is 8.12. The minimum Gasteiger partial charge on any atom is -0.313 e. The second-order valence-corrected chi connectivity index (χ2v) is 5.30. The average Bonchev–Trinajstić information content (AvgIpc) is 2.16. The van der Waals surface area contributed by atoms with E-state index in [2.05, 4.69) is 16.0 Å². The summed E-state index contributed by atoms with van der Waals surface area (Å²) in [4.78, 5) is 0.